The maximum Gasteiger partial charge on any atom is 0.406 e. The van der Waals surface area contributed by atoms with Gasteiger partial charge in [0.2, 0.25) is 0 Å². The molecule has 0 atom stereocenters. The Balaban J connectivity index is 1.86. The second-order valence-corrected chi connectivity index (χ2v) is 7.31. The minimum atomic E-state index is -4.47. The molecule has 0 radical (unpaired) electrons. The van der Waals surface area contributed by atoms with Gasteiger partial charge in [0.25, 0.3) is 5.91 Å². The van der Waals surface area contributed by atoms with Gasteiger partial charge in [0.1, 0.15) is 18.0 Å². The molecule has 2 aromatic heterocycles. The smallest absolute Gasteiger partial charge is 0.406 e. The van der Waals surface area contributed by atoms with Crippen molar-refractivity contribution < 1.29 is 27.4 Å². The zero-order valence-corrected chi connectivity index (χ0v) is 18.1. The number of carbonyl (C=O) groups excluding carboxylic acids is 1. The molecule has 0 saturated heterocycles. The van der Waals surface area contributed by atoms with Crippen molar-refractivity contribution in [2.75, 3.05) is 27.3 Å². The van der Waals surface area contributed by atoms with E-state index in [9.17, 15) is 18.0 Å². The topological polar surface area (TPSA) is 69.5 Å². The highest BCUT2D eigenvalue weighted by Crippen LogP contribution is 2.26. The lowest BCUT2D eigenvalue weighted by Crippen LogP contribution is -2.39. The van der Waals surface area contributed by atoms with Gasteiger partial charge in [-0.05, 0) is 24.6 Å². The molecule has 7 nitrogen and oxygen atoms in total. The van der Waals surface area contributed by atoms with Crippen molar-refractivity contribution in [3.05, 3.63) is 47.8 Å². The number of aromatic nitrogens is 3. The van der Waals surface area contributed by atoms with Crippen LogP contribution in [0.2, 0.25) is 0 Å². The highest BCUT2D eigenvalue weighted by molar-refractivity contribution is 5.96. The van der Waals surface area contributed by atoms with Gasteiger partial charge in [-0.2, -0.15) is 18.3 Å². The van der Waals surface area contributed by atoms with Gasteiger partial charge in [0, 0.05) is 29.8 Å². The molecule has 0 N–H and O–H groups in total. The van der Waals surface area contributed by atoms with Crippen LogP contribution < -0.4 is 9.47 Å². The summed E-state index contributed by atoms with van der Waals surface area (Å²) < 4.78 is 51.1. The second kappa shape index (κ2) is 9.88. The van der Waals surface area contributed by atoms with Crippen molar-refractivity contribution in [3.63, 3.8) is 0 Å². The average molecular weight is 450 g/mol. The molecule has 3 rings (SSSR count). The Kier molecular flexibility index (Phi) is 7.22. The van der Waals surface area contributed by atoms with Crippen LogP contribution in [-0.2, 0) is 6.54 Å². The molecule has 0 aliphatic carbocycles. The summed E-state index contributed by atoms with van der Waals surface area (Å²) in [4.78, 5) is 17.9. The third kappa shape index (κ3) is 5.49. The third-order valence-corrected chi connectivity index (χ3v) is 4.98. The Labute approximate surface area is 183 Å². The summed E-state index contributed by atoms with van der Waals surface area (Å²) in [6.45, 7) is 0.952. The van der Waals surface area contributed by atoms with Crippen LogP contribution in [0.1, 0.15) is 35.7 Å². The number of hydrogen-bond donors (Lipinski definition) is 0. The molecule has 1 amide bonds. The van der Waals surface area contributed by atoms with Gasteiger partial charge in [0.15, 0.2) is 5.65 Å². The number of methoxy groups -OCH3 is 2. The number of unbranched alkanes of at least 4 members (excludes halogenated alkanes) is 1. The summed E-state index contributed by atoms with van der Waals surface area (Å²) in [5, 5.41) is 4.89. The van der Waals surface area contributed by atoms with E-state index in [0.717, 1.165) is 10.5 Å². The first-order valence-electron chi connectivity index (χ1n) is 10.1. The fraction of sp³-hybridized carbons (Fsp3) is 0.409. The molecule has 0 aliphatic heterocycles. The zero-order chi connectivity index (χ0) is 23.3. The van der Waals surface area contributed by atoms with Gasteiger partial charge >= 0.3 is 6.18 Å². The SMILES string of the molecule is CCCCN(CC(F)(F)F)C(=O)c1cnc2c(cnn2Cc2ccc(OC)cc2OC)c1. The van der Waals surface area contributed by atoms with Crippen molar-refractivity contribution in [2.45, 2.75) is 32.5 Å². The van der Waals surface area contributed by atoms with Gasteiger partial charge < -0.3 is 14.4 Å². The summed E-state index contributed by atoms with van der Waals surface area (Å²) in [6.07, 6.45) is -0.471. The summed E-state index contributed by atoms with van der Waals surface area (Å²) in [6, 6.07) is 6.94. The standard InChI is InChI=1S/C22H25F3N4O3/c1-4-5-8-28(14-22(23,24)25)21(30)17-9-16-12-27-29(20(16)26-11-17)13-15-6-7-18(31-2)10-19(15)32-3/h6-7,9-12H,4-5,8,13-14H2,1-3H3. The Bertz CT molecular complexity index is 1080. The van der Waals surface area contributed by atoms with E-state index in [4.69, 9.17) is 9.47 Å². The largest absolute Gasteiger partial charge is 0.497 e. The second-order valence-electron chi connectivity index (χ2n) is 7.31. The monoisotopic (exact) mass is 450 g/mol. The number of benzene rings is 1. The Morgan fingerprint density at radius 2 is 1.94 bits per heavy atom. The molecule has 0 unspecified atom stereocenters. The fourth-order valence-electron chi connectivity index (χ4n) is 3.35. The third-order valence-electron chi connectivity index (χ3n) is 4.98. The summed E-state index contributed by atoms with van der Waals surface area (Å²) in [5.74, 6) is 0.581. The van der Waals surface area contributed by atoms with E-state index in [1.165, 1.54) is 18.5 Å². The average Bonchev–Trinajstić information content (AvgIpc) is 3.17. The number of carbonyl (C=O) groups is 1. The lowest BCUT2D eigenvalue weighted by atomic mass is 10.2. The minimum Gasteiger partial charge on any atom is -0.497 e. The molecule has 2 heterocycles. The molecule has 172 valence electrons. The molecule has 0 fully saturated rings. The summed E-state index contributed by atoms with van der Waals surface area (Å²) in [7, 11) is 3.12. The Morgan fingerprint density at radius 1 is 1.16 bits per heavy atom. The van der Waals surface area contributed by atoms with Crippen molar-refractivity contribution in [3.8, 4) is 11.5 Å². The van der Waals surface area contributed by atoms with Crippen LogP contribution in [0.4, 0.5) is 13.2 Å². The summed E-state index contributed by atoms with van der Waals surface area (Å²) in [5.41, 5.74) is 1.45. The molecular weight excluding hydrogens is 425 g/mol. The lowest BCUT2D eigenvalue weighted by Gasteiger charge is -2.23. The molecule has 3 aromatic rings. The molecule has 10 heteroatoms. The number of fused-ring (bicyclic) bond motifs is 1. The number of alkyl halides is 3. The number of halogens is 3. The predicted molar refractivity (Wildman–Crippen MR) is 113 cm³/mol. The minimum absolute atomic E-state index is 0.0312. The van der Waals surface area contributed by atoms with E-state index in [-0.39, 0.29) is 12.1 Å². The van der Waals surface area contributed by atoms with Crippen molar-refractivity contribution >= 4 is 16.9 Å². The van der Waals surface area contributed by atoms with Crippen molar-refractivity contribution in [1.29, 1.82) is 0 Å². The fourth-order valence-corrected chi connectivity index (χ4v) is 3.35. The summed E-state index contributed by atoms with van der Waals surface area (Å²) >= 11 is 0. The highest BCUT2D eigenvalue weighted by atomic mass is 19.4. The number of ether oxygens (including phenoxy) is 2. The first kappa shape index (κ1) is 23.4. The first-order chi connectivity index (χ1) is 15.3. The van der Waals surface area contributed by atoms with Crippen molar-refractivity contribution in [1.82, 2.24) is 19.7 Å². The number of hydrogen-bond acceptors (Lipinski definition) is 5. The lowest BCUT2D eigenvalue weighted by molar-refractivity contribution is -0.140. The Morgan fingerprint density at radius 3 is 2.59 bits per heavy atom. The molecule has 0 aliphatic rings. The van der Waals surface area contributed by atoms with E-state index in [1.54, 1.807) is 31.0 Å². The van der Waals surface area contributed by atoms with E-state index < -0.39 is 18.6 Å². The van der Waals surface area contributed by atoms with Gasteiger partial charge in [-0.3, -0.25) is 4.79 Å². The molecule has 32 heavy (non-hydrogen) atoms. The maximum atomic E-state index is 12.9. The number of amides is 1. The van der Waals surface area contributed by atoms with Gasteiger partial charge in [-0.25, -0.2) is 9.67 Å². The van der Waals surface area contributed by atoms with Gasteiger partial charge in [0.05, 0.1) is 32.5 Å². The van der Waals surface area contributed by atoms with Crippen LogP contribution >= 0.6 is 0 Å². The zero-order valence-electron chi connectivity index (χ0n) is 18.1. The van der Waals surface area contributed by atoms with E-state index in [1.807, 2.05) is 13.0 Å². The first-order valence-corrected chi connectivity index (χ1v) is 10.1. The van der Waals surface area contributed by atoms with Gasteiger partial charge in [-0.1, -0.05) is 13.3 Å². The number of pyridine rings is 1. The molecule has 0 saturated carbocycles. The van der Waals surface area contributed by atoms with Gasteiger partial charge in [-0.15, -0.1) is 0 Å². The van der Waals surface area contributed by atoms with Crippen LogP contribution in [0.5, 0.6) is 11.5 Å². The number of rotatable bonds is 9. The molecule has 1 aromatic carbocycles. The highest BCUT2D eigenvalue weighted by Gasteiger charge is 2.33. The molecule has 0 spiro atoms. The molecule has 0 bridgehead atoms. The van der Waals surface area contributed by atoms with Crippen molar-refractivity contribution in [2.24, 2.45) is 0 Å². The maximum absolute atomic E-state index is 12.9. The van der Waals surface area contributed by atoms with Crippen LogP contribution in [0.15, 0.2) is 36.7 Å². The van der Waals surface area contributed by atoms with E-state index in [0.29, 0.717) is 41.9 Å². The number of nitrogens with zero attached hydrogens (tertiary/aromatic N) is 4. The Hall–Kier alpha value is -3.30. The molecular formula is C22H25F3N4O3. The normalized spacial score (nSPS) is 11.6. The van der Waals surface area contributed by atoms with Crippen LogP contribution in [0, 0.1) is 0 Å². The van der Waals surface area contributed by atoms with E-state index in [2.05, 4.69) is 10.1 Å². The van der Waals surface area contributed by atoms with Crippen LogP contribution in [-0.4, -0.2) is 59.1 Å². The van der Waals surface area contributed by atoms with E-state index >= 15 is 0 Å². The quantitative estimate of drug-likeness (QED) is 0.486. The predicted octanol–water partition coefficient (Wildman–Crippen LogP) is 4.30. The van der Waals surface area contributed by atoms with Crippen LogP contribution in [0.3, 0.4) is 0 Å². The van der Waals surface area contributed by atoms with Crippen LogP contribution in [0.25, 0.3) is 11.0 Å².